The molecule has 0 bridgehead atoms. The van der Waals surface area contributed by atoms with Crippen molar-refractivity contribution in [2.45, 2.75) is 20.3 Å². The van der Waals surface area contributed by atoms with Gasteiger partial charge in [0.25, 0.3) is 5.69 Å². The van der Waals surface area contributed by atoms with E-state index in [1.165, 1.54) is 32.0 Å². The molecule has 0 saturated heterocycles. The first kappa shape index (κ1) is 16.1. The molecule has 20 heavy (non-hydrogen) atoms. The van der Waals surface area contributed by atoms with Crippen LogP contribution >= 0.6 is 15.9 Å². The van der Waals surface area contributed by atoms with E-state index in [1.807, 2.05) is 0 Å². The highest BCUT2D eigenvalue weighted by atomic mass is 79.9. The monoisotopic (exact) mass is 344 g/mol. The largest absolute Gasteiger partial charge is 0.481 e. The van der Waals surface area contributed by atoms with Gasteiger partial charge >= 0.3 is 5.97 Å². The van der Waals surface area contributed by atoms with Crippen molar-refractivity contribution >= 4 is 39.2 Å². The van der Waals surface area contributed by atoms with E-state index in [0.29, 0.717) is 4.47 Å². The lowest BCUT2D eigenvalue weighted by Gasteiger charge is -2.18. The van der Waals surface area contributed by atoms with Crippen molar-refractivity contribution in [1.82, 2.24) is 0 Å². The number of aliphatic carboxylic acids is 1. The predicted molar refractivity (Wildman–Crippen MR) is 75.5 cm³/mol. The standard InChI is InChI=1S/C12H13BrN2O5/c1-12(2,11(17)18)6-10(16)14-9-5-7(15(19)20)3-4-8(9)13/h3-5H,6H2,1-2H3,(H,14,16)(H,17,18). The van der Waals surface area contributed by atoms with Crippen molar-refractivity contribution in [3.8, 4) is 0 Å². The summed E-state index contributed by atoms with van der Waals surface area (Å²) in [4.78, 5) is 32.8. The highest BCUT2D eigenvalue weighted by Crippen LogP contribution is 2.28. The molecule has 1 aromatic carbocycles. The van der Waals surface area contributed by atoms with Crippen LogP contribution in [0.1, 0.15) is 20.3 Å². The normalized spacial score (nSPS) is 10.9. The Balaban J connectivity index is 2.88. The number of benzene rings is 1. The Kier molecular flexibility index (Phi) is 4.83. The summed E-state index contributed by atoms with van der Waals surface area (Å²) >= 11 is 3.16. The van der Waals surface area contributed by atoms with E-state index < -0.39 is 22.2 Å². The summed E-state index contributed by atoms with van der Waals surface area (Å²) in [5.74, 6) is -1.62. The van der Waals surface area contributed by atoms with Crippen LogP contribution in [0.4, 0.5) is 11.4 Å². The number of hydrogen-bond donors (Lipinski definition) is 2. The zero-order valence-electron chi connectivity index (χ0n) is 10.8. The first-order valence-electron chi connectivity index (χ1n) is 5.60. The number of carbonyl (C=O) groups is 2. The smallest absolute Gasteiger partial charge is 0.309 e. The number of hydrogen-bond acceptors (Lipinski definition) is 4. The third kappa shape index (κ3) is 4.02. The van der Waals surface area contributed by atoms with Gasteiger partial charge in [-0.15, -0.1) is 0 Å². The molecule has 108 valence electrons. The number of nitro benzene ring substituents is 1. The molecule has 8 heteroatoms. The summed E-state index contributed by atoms with van der Waals surface area (Å²) in [6.07, 6.45) is -0.239. The van der Waals surface area contributed by atoms with Gasteiger partial charge in [0.2, 0.25) is 5.91 Å². The Hall–Kier alpha value is -1.96. The van der Waals surface area contributed by atoms with Crippen molar-refractivity contribution in [3.05, 3.63) is 32.8 Å². The van der Waals surface area contributed by atoms with Gasteiger partial charge in [0.05, 0.1) is 16.0 Å². The molecule has 0 radical (unpaired) electrons. The molecular weight excluding hydrogens is 332 g/mol. The lowest BCUT2D eigenvalue weighted by atomic mass is 9.89. The second-order valence-corrected chi connectivity index (χ2v) is 5.69. The average molecular weight is 345 g/mol. The molecule has 0 heterocycles. The second-order valence-electron chi connectivity index (χ2n) is 4.84. The molecule has 0 atom stereocenters. The van der Waals surface area contributed by atoms with Crippen LogP contribution < -0.4 is 5.32 Å². The van der Waals surface area contributed by atoms with Gasteiger partial charge in [0.1, 0.15) is 0 Å². The van der Waals surface area contributed by atoms with E-state index in [2.05, 4.69) is 21.2 Å². The van der Waals surface area contributed by atoms with Gasteiger partial charge in [-0.25, -0.2) is 0 Å². The lowest BCUT2D eigenvalue weighted by molar-refractivity contribution is -0.384. The Morgan fingerprint density at radius 3 is 2.55 bits per heavy atom. The molecule has 0 unspecified atom stereocenters. The number of nitrogens with one attached hydrogen (secondary N) is 1. The molecule has 1 rings (SSSR count). The quantitative estimate of drug-likeness (QED) is 0.630. The summed E-state index contributed by atoms with van der Waals surface area (Å²) in [7, 11) is 0. The van der Waals surface area contributed by atoms with Crippen LogP contribution in [0, 0.1) is 15.5 Å². The SMILES string of the molecule is CC(C)(CC(=O)Nc1cc([N+](=O)[O-])ccc1Br)C(=O)O. The number of anilines is 1. The highest BCUT2D eigenvalue weighted by molar-refractivity contribution is 9.10. The van der Waals surface area contributed by atoms with Gasteiger partial charge in [0.15, 0.2) is 0 Å². The number of rotatable bonds is 5. The fourth-order valence-electron chi connectivity index (χ4n) is 1.39. The van der Waals surface area contributed by atoms with Crippen LogP contribution in [0.3, 0.4) is 0 Å². The van der Waals surface area contributed by atoms with Crippen molar-refractivity contribution in [3.63, 3.8) is 0 Å². The van der Waals surface area contributed by atoms with Crippen molar-refractivity contribution in [2.75, 3.05) is 5.32 Å². The van der Waals surface area contributed by atoms with E-state index >= 15 is 0 Å². The molecule has 1 aromatic rings. The Labute approximate surface area is 123 Å². The van der Waals surface area contributed by atoms with Crippen LogP contribution in [0.2, 0.25) is 0 Å². The summed E-state index contributed by atoms with van der Waals surface area (Å²) in [6, 6.07) is 3.94. The molecule has 0 aromatic heterocycles. The van der Waals surface area contributed by atoms with E-state index in [-0.39, 0.29) is 17.8 Å². The lowest BCUT2D eigenvalue weighted by Crippen LogP contribution is -2.29. The van der Waals surface area contributed by atoms with Crippen molar-refractivity contribution < 1.29 is 19.6 Å². The number of carboxylic acid groups (broad SMARTS) is 1. The fraction of sp³-hybridized carbons (Fsp3) is 0.333. The van der Waals surface area contributed by atoms with Crippen LogP contribution in [-0.4, -0.2) is 21.9 Å². The Morgan fingerprint density at radius 2 is 2.05 bits per heavy atom. The maximum atomic E-state index is 11.8. The van der Waals surface area contributed by atoms with E-state index in [0.717, 1.165) is 0 Å². The maximum Gasteiger partial charge on any atom is 0.309 e. The first-order chi connectivity index (χ1) is 9.13. The van der Waals surface area contributed by atoms with Crippen molar-refractivity contribution in [1.29, 1.82) is 0 Å². The third-order valence-electron chi connectivity index (χ3n) is 2.62. The molecule has 0 saturated carbocycles. The summed E-state index contributed by atoms with van der Waals surface area (Å²) in [6.45, 7) is 2.86. The van der Waals surface area contributed by atoms with Gasteiger partial charge in [-0.3, -0.25) is 19.7 Å². The van der Waals surface area contributed by atoms with Gasteiger partial charge < -0.3 is 10.4 Å². The molecule has 2 N–H and O–H groups in total. The van der Waals surface area contributed by atoms with E-state index in [9.17, 15) is 19.7 Å². The molecule has 1 amide bonds. The van der Waals surface area contributed by atoms with Crippen LogP contribution in [0.25, 0.3) is 0 Å². The first-order valence-corrected chi connectivity index (χ1v) is 6.40. The van der Waals surface area contributed by atoms with E-state index in [4.69, 9.17) is 5.11 Å². The molecule has 0 aliphatic rings. The number of amides is 1. The second kappa shape index (κ2) is 6.00. The molecular formula is C12H13BrN2O5. The Bertz CT molecular complexity index is 571. The minimum absolute atomic E-state index is 0.166. The molecule has 0 aliphatic heterocycles. The van der Waals surface area contributed by atoms with Gasteiger partial charge in [0, 0.05) is 23.0 Å². The number of non-ortho nitro benzene ring substituents is 1. The topological polar surface area (TPSA) is 110 Å². The summed E-state index contributed by atoms with van der Waals surface area (Å²) < 4.78 is 0.476. The van der Waals surface area contributed by atoms with E-state index in [1.54, 1.807) is 0 Å². The molecule has 0 spiro atoms. The third-order valence-corrected chi connectivity index (χ3v) is 3.31. The van der Waals surface area contributed by atoms with Crippen molar-refractivity contribution in [2.24, 2.45) is 5.41 Å². The summed E-state index contributed by atoms with van der Waals surface area (Å²) in [5.41, 5.74) is -1.15. The number of halogens is 1. The number of nitro groups is 1. The number of carbonyl (C=O) groups excluding carboxylic acids is 1. The number of nitrogens with zero attached hydrogens (tertiary/aromatic N) is 1. The minimum atomic E-state index is -1.21. The van der Waals surface area contributed by atoms with Crippen LogP contribution in [0.5, 0.6) is 0 Å². The Morgan fingerprint density at radius 1 is 1.45 bits per heavy atom. The highest BCUT2D eigenvalue weighted by Gasteiger charge is 2.30. The zero-order chi connectivity index (χ0) is 15.5. The fourth-order valence-corrected chi connectivity index (χ4v) is 1.74. The molecule has 0 aliphatic carbocycles. The molecule has 7 nitrogen and oxygen atoms in total. The summed E-state index contributed by atoms with van der Waals surface area (Å²) in [5, 5.41) is 22.1. The predicted octanol–water partition coefficient (Wildman–Crippen LogP) is 2.80. The minimum Gasteiger partial charge on any atom is -0.481 e. The van der Waals surface area contributed by atoms with Crippen LogP contribution in [0.15, 0.2) is 22.7 Å². The number of carboxylic acids is 1. The van der Waals surface area contributed by atoms with Gasteiger partial charge in [-0.05, 0) is 35.8 Å². The average Bonchev–Trinajstić information content (AvgIpc) is 2.30. The van der Waals surface area contributed by atoms with Gasteiger partial charge in [-0.1, -0.05) is 0 Å². The van der Waals surface area contributed by atoms with Crippen LogP contribution in [-0.2, 0) is 9.59 Å². The van der Waals surface area contributed by atoms with Gasteiger partial charge in [-0.2, -0.15) is 0 Å². The maximum absolute atomic E-state index is 11.8. The molecule has 0 fully saturated rings. The zero-order valence-corrected chi connectivity index (χ0v) is 12.4.